The van der Waals surface area contributed by atoms with Gasteiger partial charge in [0.2, 0.25) is 0 Å². The molecule has 1 fully saturated rings. The molecule has 1 saturated carbocycles. The molecular weight excluding hydrogens is 287 g/mol. The molecule has 1 aromatic rings. The molecule has 0 bridgehead atoms. The first-order chi connectivity index (χ1) is 10.5. The fraction of sp³-hybridized carbons (Fsp3) is 0.500. The molecule has 0 saturated heterocycles. The van der Waals surface area contributed by atoms with Crippen LogP contribution in [0.15, 0.2) is 18.2 Å². The van der Waals surface area contributed by atoms with E-state index < -0.39 is 23.7 Å². The number of carbonyl (C=O) groups is 2. The maximum absolute atomic E-state index is 13.2. The van der Waals surface area contributed by atoms with Gasteiger partial charge < -0.3 is 15.7 Å². The van der Waals surface area contributed by atoms with Crippen molar-refractivity contribution in [3.05, 3.63) is 29.6 Å². The Morgan fingerprint density at radius 2 is 2.00 bits per heavy atom. The Morgan fingerprint density at radius 3 is 2.73 bits per heavy atom. The number of halogens is 1. The van der Waals surface area contributed by atoms with Crippen LogP contribution in [0.3, 0.4) is 0 Å². The zero-order chi connectivity index (χ0) is 16.1. The fourth-order valence-electron chi connectivity index (χ4n) is 2.64. The molecule has 5 nitrogen and oxygen atoms in total. The maximum atomic E-state index is 13.2. The molecule has 1 aromatic carbocycles. The van der Waals surface area contributed by atoms with Crippen LogP contribution in [-0.2, 0) is 9.59 Å². The molecular formula is C16H21FN2O3. The first kappa shape index (κ1) is 16.4. The zero-order valence-electron chi connectivity index (χ0n) is 12.6. The minimum absolute atomic E-state index is 0.0126. The maximum Gasteiger partial charge on any atom is 0.313 e. The highest BCUT2D eigenvalue weighted by Gasteiger charge is 2.24. The van der Waals surface area contributed by atoms with Crippen molar-refractivity contribution in [1.29, 1.82) is 0 Å². The van der Waals surface area contributed by atoms with Gasteiger partial charge in [-0.1, -0.05) is 18.9 Å². The van der Waals surface area contributed by atoms with E-state index in [2.05, 4.69) is 10.6 Å². The summed E-state index contributed by atoms with van der Waals surface area (Å²) in [7, 11) is 0. The summed E-state index contributed by atoms with van der Waals surface area (Å²) in [6, 6.07) is 3.99. The second-order valence-electron chi connectivity index (χ2n) is 5.74. The number of hydrogen-bond donors (Lipinski definition) is 3. The third-order valence-electron chi connectivity index (χ3n) is 4.05. The second-order valence-corrected chi connectivity index (χ2v) is 5.74. The Kier molecular flexibility index (Phi) is 5.49. The van der Waals surface area contributed by atoms with E-state index in [0.717, 1.165) is 25.7 Å². The lowest BCUT2D eigenvalue weighted by atomic mass is 9.86. The van der Waals surface area contributed by atoms with Crippen molar-refractivity contribution >= 4 is 17.5 Å². The van der Waals surface area contributed by atoms with Gasteiger partial charge in [0, 0.05) is 18.2 Å². The SMILES string of the molecule is Cc1ccc(F)cc1NC(=O)C(=O)NCC1CCCCC1O. The van der Waals surface area contributed by atoms with Crippen LogP contribution >= 0.6 is 0 Å². The van der Waals surface area contributed by atoms with Gasteiger partial charge in [0.05, 0.1) is 6.10 Å². The number of aryl methyl sites for hydroxylation is 1. The van der Waals surface area contributed by atoms with E-state index in [9.17, 15) is 19.1 Å². The van der Waals surface area contributed by atoms with Gasteiger partial charge in [-0.05, 0) is 37.5 Å². The number of hydrogen-bond acceptors (Lipinski definition) is 3. The molecule has 2 unspecified atom stereocenters. The van der Waals surface area contributed by atoms with Crippen molar-refractivity contribution < 1.29 is 19.1 Å². The average molecular weight is 308 g/mol. The lowest BCUT2D eigenvalue weighted by Gasteiger charge is -2.27. The highest BCUT2D eigenvalue weighted by atomic mass is 19.1. The quantitative estimate of drug-likeness (QED) is 0.744. The summed E-state index contributed by atoms with van der Waals surface area (Å²) in [6.07, 6.45) is 3.15. The summed E-state index contributed by atoms with van der Waals surface area (Å²) in [5.41, 5.74) is 0.947. The number of benzene rings is 1. The predicted octanol–water partition coefficient (Wildman–Crippen LogP) is 1.74. The normalized spacial score (nSPS) is 21.2. The van der Waals surface area contributed by atoms with E-state index in [1.807, 2.05) is 0 Å². The Morgan fingerprint density at radius 1 is 1.27 bits per heavy atom. The number of aliphatic hydroxyl groups excluding tert-OH is 1. The molecule has 6 heteroatoms. The topological polar surface area (TPSA) is 78.4 Å². The molecule has 0 heterocycles. The molecule has 2 rings (SSSR count). The van der Waals surface area contributed by atoms with Gasteiger partial charge >= 0.3 is 11.8 Å². The number of nitrogens with one attached hydrogen (secondary N) is 2. The second kappa shape index (κ2) is 7.35. The summed E-state index contributed by atoms with van der Waals surface area (Å²) in [6.45, 7) is 1.99. The standard InChI is InChI=1S/C16H21FN2O3/c1-10-6-7-12(17)8-13(10)19-16(22)15(21)18-9-11-4-2-3-5-14(11)20/h6-8,11,14,20H,2-5,9H2,1H3,(H,18,21)(H,19,22). The van der Waals surface area contributed by atoms with E-state index in [4.69, 9.17) is 0 Å². The predicted molar refractivity (Wildman–Crippen MR) is 80.7 cm³/mol. The number of rotatable bonds is 3. The van der Waals surface area contributed by atoms with Crippen LogP contribution in [0.5, 0.6) is 0 Å². The lowest BCUT2D eigenvalue weighted by Crippen LogP contribution is -2.41. The third kappa shape index (κ3) is 4.27. The largest absolute Gasteiger partial charge is 0.393 e. The molecule has 0 aromatic heterocycles. The van der Waals surface area contributed by atoms with E-state index in [0.29, 0.717) is 5.56 Å². The summed E-state index contributed by atoms with van der Waals surface area (Å²) in [5, 5.41) is 14.8. The van der Waals surface area contributed by atoms with E-state index in [1.54, 1.807) is 6.92 Å². The first-order valence-corrected chi connectivity index (χ1v) is 7.51. The number of amides is 2. The van der Waals surface area contributed by atoms with Crippen LogP contribution in [-0.4, -0.2) is 29.6 Å². The highest BCUT2D eigenvalue weighted by Crippen LogP contribution is 2.23. The van der Waals surface area contributed by atoms with Crippen LogP contribution in [0.2, 0.25) is 0 Å². The van der Waals surface area contributed by atoms with Gasteiger partial charge in [-0.25, -0.2) is 4.39 Å². The van der Waals surface area contributed by atoms with Crippen molar-refractivity contribution in [2.24, 2.45) is 5.92 Å². The molecule has 0 radical (unpaired) electrons. The Hall–Kier alpha value is -1.95. The molecule has 0 aliphatic heterocycles. The van der Waals surface area contributed by atoms with Gasteiger partial charge in [0.15, 0.2) is 0 Å². The van der Waals surface area contributed by atoms with Crippen molar-refractivity contribution in [2.45, 2.75) is 38.7 Å². The Bertz CT molecular complexity index is 562. The van der Waals surface area contributed by atoms with Gasteiger partial charge in [0.1, 0.15) is 5.82 Å². The van der Waals surface area contributed by atoms with E-state index in [1.165, 1.54) is 18.2 Å². The summed E-state index contributed by atoms with van der Waals surface area (Å²) < 4.78 is 13.2. The molecule has 0 spiro atoms. The molecule has 3 N–H and O–H groups in total. The summed E-state index contributed by atoms with van der Waals surface area (Å²) in [4.78, 5) is 23.6. The monoisotopic (exact) mass is 308 g/mol. The minimum Gasteiger partial charge on any atom is -0.393 e. The molecule has 1 aliphatic carbocycles. The van der Waals surface area contributed by atoms with E-state index in [-0.39, 0.29) is 18.2 Å². The van der Waals surface area contributed by atoms with Gasteiger partial charge in [-0.2, -0.15) is 0 Å². The zero-order valence-corrected chi connectivity index (χ0v) is 12.6. The minimum atomic E-state index is -0.834. The van der Waals surface area contributed by atoms with Crippen molar-refractivity contribution in [3.8, 4) is 0 Å². The van der Waals surface area contributed by atoms with Crippen LogP contribution in [0.1, 0.15) is 31.2 Å². The third-order valence-corrected chi connectivity index (χ3v) is 4.05. The number of carbonyl (C=O) groups excluding carboxylic acids is 2. The van der Waals surface area contributed by atoms with Gasteiger partial charge in [-0.15, -0.1) is 0 Å². The molecule has 22 heavy (non-hydrogen) atoms. The van der Waals surface area contributed by atoms with Crippen LogP contribution in [0, 0.1) is 18.7 Å². The van der Waals surface area contributed by atoms with Crippen LogP contribution in [0.4, 0.5) is 10.1 Å². The summed E-state index contributed by atoms with van der Waals surface area (Å²) in [5.74, 6) is -2.10. The Labute approximate surface area is 128 Å². The van der Waals surface area contributed by atoms with Crippen LogP contribution in [0.25, 0.3) is 0 Å². The molecule has 1 aliphatic rings. The first-order valence-electron chi connectivity index (χ1n) is 7.51. The fourth-order valence-corrected chi connectivity index (χ4v) is 2.64. The van der Waals surface area contributed by atoms with Gasteiger partial charge in [-0.3, -0.25) is 9.59 Å². The lowest BCUT2D eigenvalue weighted by molar-refractivity contribution is -0.136. The van der Waals surface area contributed by atoms with Crippen LogP contribution < -0.4 is 10.6 Å². The smallest absolute Gasteiger partial charge is 0.313 e. The molecule has 2 atom stereocenters. The van der Waals surface area contributed by atoms with Crippen molar-refractivity contribution in [2.75, 3.05) is 11.9 Å². The number of anilines is 1. The Balaban J connectivity index is 1.86. The van der Waals surface area contributed by atoms with Crippen molar-refractivity contribution in [1.82, 2.24) is 5.32 Å². The van der Waals surface area contributed by atoms with Crippen molar-refractivity contribution in [3.63, 3.8) is 0 Å². The van der Waals surface area contributed by atoms with Gasteiger partial charge in [0.25, 0.3) is 0 Å². The summed E-state index contributed by atoms with van der Waals surface area (Å²) >= 11 is 0. The molecule has 2 amide bonds. The van der Waals surface area contributed by atoms with E-state index >= 15 is 0 Å². The highest BCUT2D eigenvalue weighted by molar-refractivity contribution is 6.39. The average Bonchev–Trinajstić information content (AvgIpc) is 2.49. The number of aliphatic hydroxyl groups is 1. The molecule has 120 valence electrons.